The molecule has 0 aliphatic heterocycles. The molecule has 5 heavy (non-hydrogen) atoms. The Balaban J connectivity index is 2.40. The van der Waals surface area contributed by atoms with E-state index in [1.807, 2.05) is 0 Å². The quantitative estimate of drug-likeness (QED) is 0.255. The Bertz CT molecular complexity index is 28.1. The van der Waals surface area contributed by atoms with Crippen molar-refractivity contribution in [1.82, 2.24) is 0 Å². The van der Waals surface area contributed by atoms with Crippen molar-refractivity contribution in [2.24, 2.45) is 0 Å². The number of hydrogen-bond donors (Lipinski definition) is 0. The van der Waals surface area contributed by atoms with Crippen LogP contribution >= 0.6 is 0 Å². The fourth-order valence-corrected chi connectivity index (χ4v) is 0.177. The molecule has 0 aromatic rings. The molecule has 0 aromatic carbocycles. The molecule has 3 nitrogen and oxygen atoms in total. The van der Waals surface area contributed by atoms with Crippen molar-refractivity contribution < 1.29 is 13.0 Å². The van der Waals surface area contributed by atoms with Gasteiger partial charge in [-0.2, -0.15) is 0 Å². The Kier molecular flexibility index (Phi) is 4.58. The van der Waals surface area contributed by atoms with Crippen LogP contribution < -0.4 is 0 Å². The summed E-state index contributed by atoms with van der Waals surface area (Å²) in [6.07, 6.45) is 0. The minimum Gasteiger partial charge on any atom is -0.389 e. The fourth-order valence-electron chi connectivity index (χ4n) is 0.0196. The second-order valence-electron chi connectivity index (χ2n) is 0.263. The molecule has 0 saturated heterocycles. The van der Waals surface area contributed by atoms with Crippen molar-refractivity contribution in [3.8, 4) is 0 Å². The molecule has 0 atom stereocenters. The maximum atomic E-state index is 9.20. The topological polar surface area (TPSA) is 35.5 Å². The fraction of sp³-hybridized carbons (Fsp3) is 0. The summed E-state index contributed by atoms with van der Waals surface area (Å²) in [5.74, 6) is 0. The van der Waals surface area contributed by atoms with Gasteiger partial charge in [-0.05, 0) is 0 Å². The normalized spacial score (nSPS) is 6.40. The summed E-state index contributed by atoms with van der Waals surface area (Å²) in [6.45, 7) is 0. The third kappa shape index (κ3) is 4.31. The molecule has 0 saturated carbocycles. The monoisotopic (exact) mass is 103 g/mol. The lowest BCUT2D eigenvalue weighted by atomic mass is 14.9. The first-order chi connectivity index (χ1) is 2.41. The maximum Gasteiger partial charge on any atom is 0.625 e. The zero-order valence-corrected chi connectivity index (χ0v) is 4.46. The summed E-state index contributed by atoms with van der Waals surface area (Å²) in [7, 11) is -0.835. The Labute approximate surface area is 40.0 Å². The lowest BCUT2D eigenvalue weighted by Gasteiger charge is -1.83. The van der Waals surface area contributed by atoms with Gasteiger partial charge < -0.3 is 13.0 Å². The Morgan fingerprint density at radius 1 is 1.80 bits per heavy atom. The average Bonchev–Trinajstić information content (AvgIpc) is 1.41. The lowest BCUT2D eigenvalue weighted by molar-refractivity contribution is -0.0961. The molecule has 0 aliphatic rings. The molecule has 0 rings (SSSR count). The van der Waals surface area contributed by atoms with E-state index in [1.54, 1.807) is 16.6 Å². The van der Waals surface area contributed by atoms with Gasteiger partial charge in [-0.15, -0.1) is 0 Å². The second-order valence-corrected chi connectivity index (χ2v) is 0.789. The molecule has 0 bridgehead atoms. The average molecular weight is 103 g/mol. The van der Waals surface area contributed by atoms with E-state index in [1.165, 1.54) is 0 Å². The smallest absolute Gasteiger partial charge is 0.389 e. The lowest BCUT2D eigenvalue weighted by Crippen LogP contribution is -1.84. The highest BCUT2D eigenvalue weighted by atomic mass is 28.2. The summed E-state index contributed by atoms with van der Waals surface area (Å²) in [4.78, 5) is 0. The van der Waals surface area contributed by atoms with Gasteiger partial charge in [-0.25, -0.2) is 0 Å². The Hall–Kier alpha value is 0.309. The van der Waals surface area contributed by atoms with Gasteiger partial charge in [-0.1, -0.05) is 0 Å². The summed E-state index contributed by atoms with van der Waals surface area (Å²) in [6, 6.07) is 0. The molecule has 0 aliphatic carbocycles. The Morgan fingerprint density at radius 2 is 2.40 bits per heavy atom. The summed E-state index contributed by atoms with van der Waals surface area (Å²) in [5, 5.41) is 0. The predicted molar refractivity (Wildman–Crippen MR) is 14.4 cm³/mol. The molecule has 0 aromatic heterocycles. The summed E-state index contributed by atoms with van der Waals surface area (Å²) in [5.41, 5.74) is 0. The van der Waals surface area contributed by atoms with Crippen LogP contribution in [-0.4, -0.2) is 26.3 Å². The molecule has 5 heteroatoms. The van der Waals surface area contributed by atoms with Gasteiger partial charge in [0.05, 0.1) is 0 Å². The minimum absolute atomic E-state index is 0.835. The van der Waals surface area contributed by atoms with Crippen molar-refractivity contribution in [2.45, 2.75) is 0 Å². The third-order valence-electron chi connectivity index (χ3n) is 0.0821. The highest BCUT2D eigenvalue weighted by Crippen LogP contribution is 1.51. The van der Waals surface area contributed by atoms with Gasteiger partial charge in [0.2, 0.25) is 0 Å². The van der Waals surface area contributed by atoms with E-state index in [0.717, 1.165) is 0 Å². The van der Waals surface area contributed by atoms with Crippen LogP contribution in [0.3, 0.4) is 0 Å². The molecular formula is AlO3Si. The van der Waals surface area contributed by atoms with Crippen LogP contribution in [0.1, 0.15) is 0 Å². The standard InChI is InChI=1S/Al.HO3Si/c;1-3-4-2/h;1H/q+1;/p-1. The first-order valence-electron chi connectivity index (χ1n) is 0.811. The molecule has 0 amide bonds. The van der Waals surface area contributed by atoms with E-state index in [0.29, 0.717) is 0 Å². The van der Waals surface area contributed by atoms with Gasteiger partial charge in [0.1, 0.15) is 0 Å². The van der Waals surface area contributed by atoms with Gasteiger partial charge in [-0.3, -0.25) is 0 Å². The molecule has 0 heterocycles. The SMILES string of the molecule is O=[Si]O[O][Al]. The van der Waals surface area contributed by atoms with Crippen LogP contribution in [0, 0.1) is 0 Å². The van der Waals surface area contributed by atoms with Gasteiger partial charge in [0, 0.05) is 0 Å². The number of rotatable bonds is 2. The molecule has 0 unspecified atom stereocenters. The van der Waals surface area contributed by atoms with Crippen molar-refractivity contribution in [2.75, 3.05) is 0 Å². The van der Waals surface area contributed by atoms with E-state index in [2.05, 4.69) is 8.52 Å². The molecule has 25 valence electrons. The van der Waals surface area contributed by atoms with Crippen molar-refractivity contribution in [3.63, 3.8) is 0 Å². The molecule has 0 N–H and O–H groups in total. The summed E-state index contributed by atoms with van der Waals surface area (Å²) < 4.78 is 16.8. The summed E-state index contributed by atoms with van der Waals surface area (Å²) >= 11 is 1.78. The van der Waals surface area contributed by atoms with Crippen LogP contribution in [0.2, 0.25) is 0 Å². The van der Waals surface area contributed by atoms with E-state index in [-0.39, 0.29) is 0 Å². The van der Waals surface area contributed by atoms with Crippen molar-refractivity contribution >= 4 is 26.3 Å². The molecule has 0 fully saturated rings. The maximum absolute atomic E-state index is 9.20. The van der Waals surface area contributed by atoms with Gasteiger partial charge in [0.15, 0.2) is 0 Å². The highest BCUT2D eigenvalue weighted by molar-refractivity contribution is 6.07. The zero-order valence-electron chi connectivity index (χ0n) is 2.30. The minimum atomic E-state index is -0.835. The largest absolute Gasteiger partial charge is 0.625 e. The van der Waals surface area contributed by atoms with E-state index in [9.17, 15) is 4.46 Å². The van der Waals surface area contributed by atoms with Gasteiger partial charge >= 0.3 is 26.3 Å². The van der Waals surface area contributed by atoms with E-state index < -0.39 is 9.65 Å². The molecular weight excluding hydrogens is 103 g/mol. The third-order valence-corrected chi connectivity index (χ3v) is 0.535. The predicted octanol–water partition coefficient (Wildman–Crippen LogP) is -1.02. The molecule has 0 spiro atoms. The highest BCUT2D eigenvalue weighted by Gasteiger charge is 1.68. The van der Waals surface area contributed by atoms with Crippen LogP contribution in [0.5, 0.6) is 0 Å². The van der Waals surface area contributed by atoms with Crippen molar-refractivity contribution in [3.05, 3.63) is 0 Å². The zero-order chi connectivity index (χ0) is 4.12. The Morgan fingerprint density at radius 3 is 2.40 bits per heavy atom. The molecule has 3 radical (unpaired) electrons. The first kappa shape index (κ1) is 5.31. The van der Waals surface area contributed by atoms with Crippen LogP contribution in [0.25, 0.3) is 0 Å². The number of hydrogen-bond acceptors (Lipinski definition) is 3. The van der Waals surface area contributed by atoms with Crippen molar-refractivity contribution in [1.29, 1.82) is 0 Å². The van der Waals surface area contributed by atoms with E-state index >= 15 is 0 Å². The second kappa shape index (κ2) is 4.31. The van der Waals surface area contributed by atoms with Gasteiger partial charge in [0.25, 0.3) is 0 Å². The van der Waals surface area contributed by atoms with Crippen LogP contribution in [-0.2, 0) is 13.0 Å². The van der Waals surface area contributed by atoms with E-state index in [4.69, 9.17) is 0 Å². The van der Waals surface area contributed by atoms with Crippen LogP contribution in [0.15, 0.2) is 0 Å². The first-order valence-corrected chi connectivity index (χ1v) is 2.10. The van der Waals surface area contributed by atoms with Crippen LogP contribution in [0.4, 0.5) is 0 Å².